The highest BCUT2D eigenvalue weighted by Gasteiger charge is 2.24. The molecule has 4 nitrogen and oxygen atoms in total. The van der Waals surface area contributed by atoms with E-state index in [0.29, 0.717) is 6.04 Å². The fourth-order valence-corrected chi connectivity index (χ4v) is 3.02. The first-order valence-corrected chi connectivity index (χ1v) is 8.00. The lowest BCUT2D eigenvalue weighted by molar-refractivity contribution is -0.122. The maximum atomic E-state index is 11.3. The fraction of sp³-hybridized carbons (Fsp3) is 0.588. The van der Waals surface area contributed by atoms with Gasteiger partial charge in [-0.3, -0.25) is 4.79 Å². The molecule has 1 fully saturated rings. The summed E-state index contributed by atoms with van der Waals surface area (Å²) in [6, 6.07) is 8.91. The second-order valence-electron chi connectivity index (χ2n) is 5.90. The lowest BCUT2D eigenvalue weighted by Crippen LogP contribution is -2.39. The number of primary amides is 1. The van der Waals surface area contributed by atoms with Crippen LogP contribution in [0.1, 0.15) is 44.7 Å². The van der Waals surface area contributed by atoms with E-state index in [9.17, 15) is 4.79 Å². The van der Waals surface area contributed by atoms with Gasteiger partial charge in [0.1, 0.15) is 0 Å². The number of anilines is 1. The third-order valence-corrected chi connectivity index (χ3v) is 4.34. The van der Waals surface area contributed by atoms with Gasteiger partial charge >= 0.3 is 0 Å². The van der Waals surface area contributed by atoms with E-state index in [-0.39, 0.29) is 11.8 Å². The minimum atomic E-state index is -0.152. The first kappa shape index (κ1) is 15.8. The molecule has 21 heavy (non-hydrogen) atoms. The summed E-state index contributed by atoms with van der Waals surface area (Å²) in [5.74, 6) is -0.107. The smallest absolute Gasteiger partial charge is 0.220 e. The molecule has 2 rings (SSSR count). The average Bonchev–Trinajstić information content (AvgIpc) is 2.52. The van der Waals surface area contributed by atoms with Gasteiger partial charge in [-0.2, -0.15) is 0 Å². The molecule has 1 amide bonds. The van der Waals surface area contributed by atoms with Gasteiger partial charge in [0.25, 0.3) is 0 Å². The number of hydrogen-bond acceptors (Lipinski definition) is 3. The maximum Gasteiger partial charge on any atom is 0.220 e. The standard InChI is InChI=1S/C17H27N3O/c1-3-10-19-13(2)15-6-4-5-7-16(15)20-11-8-14(9-12-20)17(18)21/h4-7,13-14,19H,3,8-12H2,1-2H3,(H2,18,21). The van der Waals surface area contributed by atoms with Crippen molar-refractivity contribution in [2.75, 3.05) is 24.5 Å². The molecular weight excluding hydrogens is 262 g/mol. The summed E-state index contributed by atoms with van der Waals surface area (Å²) in [5, 5.41) is 3.55. The van der Waals surface area contributed by atoms with Gasteiger partial charge in [0.15, 0.2) is 0 Å². The van der Waals surface area contributed by atoms with E-state index >= 15 is 0 Å². The summed E-state index contributed by atoms with van der Waals surface area (Å²) in [5.41, 5.74) is 8.04. The first-order chi connectivity index (χ1) is 10.1. The van der Waals surface area contributed by atoms with Crippen LogP contribution < -0.4 is 16.0 Å². The largest absolute Gasteiger partial charge is 0.371 e. The fourth-order valence-electron chi connectivity index (χ4n) is 3.02. The maximum absolute atomic E-state index is 11.3. The highest BCUT2D eigenvalue weighted by molar-refractivity contribution is 5.77. The van der Waals surface area contributed by atoms with Crippen LogP contribution in [0.3, 0.4) is 0 Å². The van der Waals surface area contributed by atoms with Gasteiger partial charge in [0.2, 0.25) is 5.91 Å². The molecule has 0 saturated carbocycles. The highest BCUT2D eigenvalue weighted by Crippen LogP contribution is 2.29. The second-order valence-corrected chi connectivity index (χ2v) is 5.90. The Kier molecular flexibility index (Phi) is 5.62. The van der Waals surface area contributed by atoms with Crippen molar-refractivity contribution in [3.8, 4) is 0 Å². The minimum Gasteiger partial charge on any atom is -0.371 e. The second kappa shape index (κ2) is 7.46. The number of nitrogens with one attached hydrogen (secondary N) is 1. The summed E-state index contributed by atoms with van der Waals surface area (Å²) in [4.78, 5) is 13.7. The Morgan fingerprint density at radius 1 is 1.38 bits per heavy atom. The molecule has 1 saturated heterocycles. The van der Waals surface area contributed by atoms with Crippen LogP contribution in [0, 0.1) is 5.92 Å². The van der Waals surface area contributed by atoms with Crippen LogP contribution in [0.15, 0.2) is 24.3 Å². The van der Waals surface area contributed by atoms with Crippen molar-refractivity contribution < 1.29 is 4.79 Å². The van der Waals surface area contributed by atoms with Crippen LogP contribution in [0.4, 0.5) is 5.69 Å². The average molecular weight is 289 g/mol. The molecule has 1 aliphatic heterocycles. The van der Waals surface area contributed by atoms with Crippen LogP contribution in [0.2, 0.25) is 0 Å². The molecule has 116 valence electrons. The van der Waals surface area contributed by atoms with Crippen LogP contribution in [-0.4, -0.2) is 25.5 Å². The number of benzene rings is 1. The monoisotopic (exact) mass is 289 g/mol. The summed E-state index contributed by atoms with van der Waals surface area (Å²) >= 11 is 0. The zero-order chi connectivity index (χ0) is 15.2. The number of para-hydroxylation sites is 1. The number of nitrogens with two attached hydrogens (primary N) is 1. The van der Waals surface area contributed by atoms with E-state index in [4.69, 9.17) is 5.73 Å². The molecule has 1 aliphatic rings. The molecule has 0 aromatic heterocycles. The Hall–Kier alpha value is -1.55. The van der Waals surface area contributed by atoms with Gasteiger partial charge in [-0.1, -0.05) is 25.1 Å². The molecule has 0 radical (unpaired) electrons. The molecule has 1 atom stereocenters. The summed E-state index contributed by atoms with van der Waals surface area (Å²) < 4.78 is 0. The highest BCUT2D eigenvalue weighted by atomic mass is 16.1. The SMILES string of the molecule is CCCNC(C)c1ccccc1N1CCC(C(N)=O)CC1. The van der Waals surface area contributed by atoms with Crippen molar-refractivity contribution in [1.82, 2.24) is 5.32 Å². The van der Waals surface area contributed by atoms with E-state index in [2.05, 4.69) is 48.3 Å². The Bertz CT molecular complexity index is 467. The van der Waals surface area contributed by atoms with Gasteiger partial charge in [-0.25, -0.2) is 0 Å². The lowest BCUT2D eigenvalue weighted by atomic mass is 9.94. The number of carbonyl (C=O) groups is 1. The Balaban J connectivity index is 2.08. The molecule has 1 heterocycles. The minimum absolute atomic E-state index is 0.0454. The number of rotatable bonds is 6. The zero-order valence-electron chi connectivity index (χ0n) is 13.1. The van der Waals surface area contributed by atoms with Crippen molar-refractivity contribution >= 4 is 11.6 Å². The molecule has 1 aromatic carbocycles. The van der Waals surface area contributed by atoms with Gasteiger partial charge in [0, 0.05) is 30.7 Å². The van der Waals surface area contributed by atoms with E-state index < -0.39 is 0 Å². The molecule has 3 N–H and O–H groups in total. The number of amides is 1. The summed E-state index contributed by atoms with van der Waals surface area (Å²) in [7, 11) is 0. The first-order valence-electron chi connectivity index (χ1n) is 8.00. The number of piperidine rings is 1. The summed E-state index contributed by atoms with van der Waals surface area (Å²) in [6.45, 7) is 7.24. The zero-order valence-corrected chi connectivity index (χ0v) is 13.1. The van der Waals surface area contributed by atoms with Crippen LogP contribution in [0.25, 0.3) is 0 Å². The molecule has 1 aromatic rings. The third kappa shape index (κ3) is 3.97. The van der Waals surface area contributed by atoms with Gasteiger partial charge in [-0.05, 0) is 44.4 Å². The predicted molar refractivity (Wildman–Crippen MR) is 87.3 cm³/mol. The Morgan fingerprint density at radius 3 is 2.67 bits per heavy atom. The van der Waals surface area contributed by atoms with Crippen LogP contribution in [-0.2, 0) is 4.79 Å². The van der Waals surface area contributed by atoms with Crippen LogP contribution in [0.5, 0.6) is 0 Å². The lowest BCUT2D eigenvalue weighted by Gasteiger charge is -2.34. The molecule has 0 bridgehead atoms. The topological polar surface area (TPSA) is 58.4 Å². The van der Waals surface area contributed by atoms with E-state index in [1.54, 1.807) is 0 Å². The molecule has 4 heteroatoms. The molecule has 0 aliphatic carbocycles. The van der Waals surface area contributed by atoms with Crippen molar-refractivity contribution in [3.63, 3.8) is 0 Å². The molecule has 0 spiro atoms. The molecular formula is C17H27N3O. The predicted octanol–water partition coefficient (Wildman–Crippen LogP) is 2.45. The quantitative estimate of drug-likeness (QED) is 0.845. The Morgan fingerprint density at radius 2 is 2.05 bits per heavy atom. The normalized spacial score (nSPS) is 17.7. The summed E-state index contributed by atoms with van der Waals surface area (Å²) in [6.07, 6.45) is 2.86. The van der Waals surface area contributed by atoms with Gasteiger partial charge < -0.3 is 16.0 Å². The number of carbonyl (C=O) groups excluding carboxylic acids is 1. The van der Waals surface area contributed by atoms with Gasteiger partial charge in [-0.15, -0.1) is 0 Å². The van der Waals surface area contributed by atoms with E-state index in [1.165, 1.54) is 11.3 Å². The van der Waals surface area contributed by atoms with Crippen LogP contribution >= 0.6 is 0 Å². The molecule has 1 unspecified atom stereocenters. The number of nitrogens with zero attached hydrogens (tertiary/aromatic N) is 1. The van der Waals surface area contributed by atoms with E-state index in [1.807, 2.05) is 0 Å². The van der Waals surface area contributed by atoms with Gasteiger partial charge in [0.05, 0.1) is 0 Å². The van der Waals surface area contributed by atoms with Crippen molar-refractivity contribution in [3.05, 3.63) is 29.8 Å². The van der Waals surface area contributed by atoms with Crippen molar-refractivity contribution in [1.29, 1.82) is 0 Å². The number of hydrogen-bond donors (Lipinski definition) is 2. The third-order valence-electron chi connectivity index (χ3n) is 4.34. The van der Waals surface area contributed by atoms with Crippen molar-refractivity contribution in [2.24, 2.45) is 11.7 Å². The van der Waals surface area contributed by atoms with E-state index in [0.717, 1.165) is 38.9 Å². The Labute approximate surface area is 127 Å². The van der Waals surface area contributed by atoms with Crippen molar-refractivity contribution in [2.45, 2.75) is 39.2 Å².